The Morgan fingerprint density at radius 1 is 1.41 bits per heavy atom. The number of hydrogen-bond acceptors (Lipinski definition) is 3. The molecule has 0 bridgehead atoms. The molecule has 1 aliphatic rings. The van der Waals surface area contributed by atoms with Crippen molar-refractivity contribution >= 4 is 18.3 Å². The molecule has 0 spiro atoms. The van der Waals surface area contributed by atoms with Crippen LogP contribution < -0.4 is 5.73 Å². The third-order valence-electron chi connectivity index (χ3n) is 4.31. The smallest absolute Gasteiger partial charge is 0.251 e. The number of benzene rings is 1. The Morgan fingerprint density at radius 3 is 2.64 bits per heavy atom. The molecule has 1 aromatic carbocycles. The molecule has 5 heteroatoms. The van der Waals surface area contributed by atoms with Crippen molar-refractivity contribution in [2.75, 3.05) is 13.1 Å². The highest BCUT2D eigenvalue weighted by atomic mass is 35.5. The lowest BCUT2D eigenvalue weighted by atomic mass is 9.79. The lowest BCUT2D eigenvalue weighted by Crippen LogP contribution is -2.55. The Hall–Kier alpha value is -1.10. The molecule has 2 unspecified atom stereocenters. The maximum Gasteiger partial charge on any atom is 0.251 e. The largest absolute Gasteiger partial charge is 0.364 e. The van der Waals surface area contributed by atoms with Gasteiger partial charge in [-0.1, -0.05) is 44.2 Å². The van der Waals surface area contributed by atoms with Crippen LogP contribution in [-0.4, -0.2) is 36.0 Å². The predicted octanol–water partition coefficient (Wildman–Crippen LogP) is 2.60. The summed E-state index contributed by atoms with van der Waals surface area (Å²) in [6.45, 7) is 7.95. The zero-order valence-corrected chi connectivity index (χ0v) is 14.4. The van der Waals surface area contributed by atoms with Crippen LogP contribution in [0, 0.1) is 5.41 Å². The Kier molecular flexibility index (Phi) is 6.85. The first kappa shape index (κ1) is 18.9. The highest BCUT2D eigenvalue weighted by Gasteiger charge is 2.36. The summed E-state index contributed by atoms with van der Waals surface area (Å²) < 4.78 is 5.72. The molecule has 1 aliphatic heterocycles. The van der Waals surface area contributed by atoms with Gasteiger partial charge in [0.05, 0.1) is 6.61 Å². The van der Waals surface area contributed by atoms with Crippen LogP contribution in [0.1, 0.15) is 32.8 Å². The van der Waals surface area contributed by atoms with E-state index in [1.54, 1.807) is 0 Å². The van der Waals surface area contributed by atoms with Crippen molar-refractivity contribution in [3.63, 3.8) is 0 Å². The van der Waals surface area contributed by atoms with E-state index in [4.69, 9.17) is 10.5 Å². The van der Waals surface area contributed by atoms with Crippen molar-refractivity contribution in [2.45, 2.75) is 45.9 Å². The van der Waals surface area contributed by atoms with Crippen molar-refractivity contribution in [3.8, 4) is 0 Å². The molecule has 1 saturated heterocycles. The first-order chi connectivity index (χ1) is 9.90. The molecule has 2 N–H and O–H groups in total. The molecule has 1 amide bonds. The van der Waals surface area contributed by atoms with E-state index in [0.29, 0.717) is 13.2 Å². The van der Waals surface area contributed by atoms with Crippen molar-refractivity contribution in [2.24, 2.45) is 11.1 Å². The number of nitrogens with two attached hydrogens (primary N) is 1. The average molecular weight is 327 g/mol. The van der Waals surface area contributed by atoms with E-state index in [-0.39, 0.29) is 29.8 Å². The number of carbonyl (C=O) groups excluding carboxylic acids is 1. The first-order valence-electron chi connectivity index (χ1n) is 7.60. The molecule has 124 valence electrons. The Morgan fingerprint density at radius 2 is 2.05 bits per heavy atom. The van der Waals surface area contributed by atoms with E-state index < -0.39 is 6.10 Å². The van der Waals surface area contributed by atoms with Gasteiger partial charge in [0.25, 0.3) is 5.91 Å². The summed E-state index contributed by atoms with van der Waals surface area (Å²) in [7, 11) is 0. The lowest BCUT2D eigenvalue weighted by molar-refractivity contribution is -0.146. The number of carbonyl (C=O) groups is 1. The van der Waals surface area contributed by atoms with Gasteiger partial charge < -0.3 is 15.4 Å². The third kappa shape index (κ3) is 4.70. The molecular formula is C17H27ClN2O2. The van der Waals surface area contributed by atoms with Gasteiger partial charge in [-0.05, 0) is 24.3 Å². The van der Waals surface area contributed by atoms with Gasteiger partial charge in [0.15, 0.2) is 0 Å². The van der Waals surface area contributed by atoms with Gasteiger partial charge in [0, 0.05) is 19.1 Å². The molecule has 2 rings (SSSR count). The minimum Gasteiger partial charge on any atom is -0.364 e. The van der Waals surface area contributed by atoms with Gasteiger partial charge in [0.2, 0.25) is 0 Å². The van der Waals surface area contributed by atoms with Gasteiger partial charge in [-0.15, -0.1) is 12.4 Å². The standard InChI is InChI=1S/C17H26N2O2.ClH/c1-13(21-11-14-7-5-4-6-8-14)16(20)19-10-9-15(18)17(2,3)12-19;/h4-8,13,15H,9-12,18H2,1-3H3;1H. The van der Waals surface area contributed by atoms with E-state index >= 15 is 0 Å². The van der Waals surface area contributed by atoms with Crippen LogP contribution in [-0.2, 0) is 16.1 Å². The summed E-state index contributed by atoms with van der Waals surface area (Å²) in [6, 6.07) is 10.1. The number of amides is 1. The average Bonchev–Trinajstić information content (AvgIpc) is 2.48. The van der Waals surface area contributed by atoms with Crippen molar-refractivity contribution in [1.82, 2.24) is 4.90 Å². The fraction of sp³-hybridized carbons (Fsp3) is 0.588. The number of nitrogens with zero attached hydrogens (tertiary/aromatic N) is 1. The second-order valence-electron chi connectivity index (χ2n) is 6.58. The molecule has 0 aliphatic carbocycles. The number of likely N-dealkylation sites (tertiary alicyclic amines) is 1. The number of hydrogen-bond donors (Lipinski definition) is 1. The topological polar surface area (TPSA) is 55.6 Å². The van der Waals surface area contributed by atoms with Crippen LogP contribution >= 0.6 is 12.4 Å². The summed E-state index contributed by atoms with van der Waals surface area (Å²) in [6.07, 6.45) is 0.430. The minimum atomic E-state index is -0.421. The third-order valence-corrected chi connectivity index (χ3v) is 4.31. The maximum atomic E-state index is 12.5. The van der Waals surface area contributed by atoms with Crippen LogP contribution in [0.3, 0.4) is 0 Å². The van der Waals surface area contributed by atoms with E-state index in [2.05, 4.69) is 13.8 Å². The molecular weight excluding hydrogens is 300 g/mol. The van der Waals surface area contributed by atoms with Gasteiger partial charge in [-0.25, -0.2) is 0 Å². The number of rotatable bonds is 4. The molecule has 2 atom stereocenters. The van der Waals surface area contributed by atoms with Crippen LogP contribution in [0.2, 0.25) is 0 Å². The fourth-order valence-corrected chi connectivity index (χ4v) is 2.69. The highest BCUT2D eigenvalue weighted by molar-refractivity contribution is 5.85. The van der Waals surface area contributed by atoms with E-state index in [0.717, 1.165) is 18.5 Å². The molecule has 4 nitrogen and oxygen atoms in total. The summed E-state index contributed by atoms with van der Waals surface area (Å²) in [5, 5.41) is 0. The molecule has 1 aromatic rings. The molecule has 22 heavy (non-hydrogen) atoms. The van der Waals surface area contributed by atoms with Gasteiger partial charge >= 0.3 is 0 Å². The monoisotopic (exact) mass is 326 g/mol. The minimum absolute atomic E-state index is 0. The lowest BCUT2D eigenvalue weighted by Gasteiger charge is -2.43. The van der Waals surface area contributed by atoms with Crippen LogP contribution in [0.4, 0.5) is 0 Å². The number of halogens is 1. The summed E-state index contributed by atoms with van der Waals surface area (Å²) in [5.41, 5.74) is 7.16. The summed E-state index contributed by atoms with van der Waals surface area (Å²) in [4.78, 5) is 14.4. The summed E-state index contributed by atoms with van der Waals surface area (Å²) >= 11 is 0. The predicted molar refractivity (Wildman–Crippen MR) is 90.9 cm³/mol. The maximum absolute atomic E-state index is 12.5. The fourth-order valence-electron chi connectivity index (χ4n) is 2.69. The molecule has 0 saturated carbocycles. The highest BCUT2D eigenvalue weighted by Crippen LogP contribution is 2.28. The van der Waals surface area contributed by atoms with Crippen LogP contribution in [0.15, 0.2) is 30.3 Å². The SMILES string of the molecule is CC(OCc1ccccc1)C(=O)N1CCC(N)C(C)(C)C1.Cl. The second kappa shape index (κ2) is 7.95. The number of ether oxygens (including phenoxy) is 1. The van der Waals surface area contributed by atoms with Crippen LogP contribution in [0.25, 0.3) is 0 Å². The molecule has 1 fully saturated rings. The van der Waals surface area contributed by atoms with Crippen molar-refractivity contribution < 1.29 is 9.53 Å². The quantitative estimate of drug-likeness (QED) is 0.925. The zero-order valence-electron chi connectivity index (χ0n) is 13.6. The number of piperidine rings is 1. The molecule has 1 heterocycles. The van der Waals surface area contributed by atoms with Crippen LogP contribution in [0.5, 0.6) is 0 Å². The van der Waals surface area contributed by atoms with Gasteiger partial charge in [-0.3, -0.25) is 4.79 Å². The zero-order chi connectivity index (χ0) is 15.5. The van der Waals surface area contributed by atoms with E-state index in [9.17, 15) is 4.79 Å². The Balaban J connectivity index is 0.00000242. The Labute approximate surface area is 139 Å². The normalized spacial score (nSPS) is 21.8. The van der Waals surface area contributed by atoms with E-state index in [1.165, 1.54) is 0 Å². The summed E-state index contributed by atoms with van der Waals surface area (Å²) in [5.74, 6) is 0.0610. The molecule has 0 aromatic heterocycles. The van der Waals surface area contributed by atoms with Crippen molar-refractivity contribution in [3.05, 3.63) is 35.9 Å². The van der Waals surface area contributed by atoms with Gasteiger partial charge in [-0.2, -0.15) is 0 Å². The Bertz CT molecular complexity index is 479. The molecule has 0 radical (unpaired) electrons. The van der Waals surface area contributed by atoms with E-state index in [1.807, 2.05) is 42.2 Å². The first-order valence-corrected chi connectivity index (χ1v) is 7.60. The van der Waals surface area contributed by atoms with Crippen molar-refractivity contribution in [1.29, 1.82) is 0 Å². The second-order valence-corrected chi connectivity index (χ2v) is 6.58. The van der Waals surface area contributed by atoms with Gasteiger partial charge in [0.1, 0.15) is 6.10 Å².